The van der Waals surface area contributed by atoms with Crippen molar-refractivity contribution in [3.05, 3.63) is 42.0 Å². The molecule has 86 valence electrons. The Bertz CT molecular complexity index is 380. The molecule has 0 unspecified atom stereocenters. The maximum atomic E-state index is 10.9. The number of hydrogen-bond donors (Lipinski definition) is 1. The van der Waals surface area contributed by atoms with Gasteiger partial charge in [0.25, 0.3) is 0 Å². The normalized spacial score (nSPS) is 10.1. The fourth-order valence-corrected chi connectivity index (χ4v) is 1.71. The quantitative estimate of drug-likeness (QED) is 0.586. The van der Waals surface area contributed by atoms with Crippen molar-refractivity contribution in [2.45, 2.75) is 32.6 Å². The molecule has 0 aliphatic carbocycles. The Hall–Kier alpha value is -1.57. The first-order valence-corrected chi connectivity index (χ1v) is 5.67. The molecule has 0 amide bonds. The van der Waals surface area contributed by atoms with Gasteiger partial charge in [-0.3, -0.25) is 0 Å². The molecule has 0 saturated heterocycles. The van der Waals surface area contributed by atoms with Crippen LogP contribution in [0, 0.1) is 0 Å². The Morgan fingerprint density at radius 2 is 2.00 bits per heavy atom. The van der Waals surface area contributed by atoms with Crippen LogP contribution in [0.1, 0.15) is 37.3 Å². The first-order chi connectivity index (χ1) is 7.66. The molecule has 0 aliphatic rings. The van der Waals surface area contributed by atoms with E-state index in [9.17, 15) is 4.79 Å². The molecule has 0 spiro atoms. The van der Waals surface area contributed by atoms with Gasteiger partial charge in [-0.1, -0.05) is 50.6 Å². The topological polar surface area (TPSA) is 37.3 Å². The van der Waals surface area contributed by atoms with Crippen molar-refractivity contribution in [1.29, 1.82) is 0 Å². The van der Waals surface area contributed by atoms with E-state index in [1.807, 2.05) is 24.3 Å². The monoisotopic (exact) mass is 218 g/mol. The molecular formula is C14H18O2. The van der Waals surface area contributed by atoms with Gasteiger partial charge >= 0.3 is 5.97 Å². The van der Waals surface area contributed by atoms with Crippen LogP contribution in [-0.2, 0) is 11.2 Å². The van der Waals surface area contributed by atoms with E-state index in [0.29, 0.717) is 0 Å². The summed E-state index contributed by atoms with van der Waals surface area (Å²) in [6.07, 6.45) is 4.37. The molecule has 1 aromatic carbocycles. The number of benzene rings is 1. The van der Waals surface area contributed by atoms with Crippen LogP contribution in [0.5, 0.6) is 0 Å². The molecule has 1 rings (SSSR count). The minimum atomic E-state index is -0.942. The van der Waals surface area contributed by atoms with Crippen molar-refractivity contribution in [1.82, 2.24) is 0 Å². The number of carbonyl (C=O) groups is 1. The van der Waals surface area contributed by atoms with Gasteiger partial charge in [-0.05, 0) is 24.0 Å². The molecule has 0 saturated carbocycles. The number of aliphatic carboxylic acids is 1. The van der Waals surface area contributed by atoms with Crippen LogP contribution in [0.2, 0.25) is 0 Å². The third-order valence-corrected chi connectivity index (χ3v) is 2.65. The van der Waals surface area contributed by atoms with E-state index in [2.05, 4.69) is 13.5 Å². The van der Waals surface area contributed by atoms with Crippen LogP contribution in [0.3, 0.4) is 0 Å². The molecule has 0 heterocycles. The molecule has 1 aromatic rings. The Balaban J connectivity index is 2.83. The van der Waals surface area contributed by atoms with E-state index in [4.69, 9.17) is 5.11 Å². The fourth-order valence-electron chi connectivity index (χ4n) is 1.71. The Labute approximate surface area is 96.6 Å². The first-order valence-electron chi connectivity index (χ1n) is 5.67. The Kier molecular flexibility index (Phi) is 4.77. The number of carboxylic acid groups (broad SMARTS) is 1. The summed E-state index contributed by atoms with van der Waals surface area (Å²) in [5, 5.41) is 8.93. The SMILES string of the molecule is C=C(C(=O)O)c1ccccc1CCCCC. The number of hydrogen-bond acceptors (Lipinski definition) is 1. The summed E-state index contributed by atoms with van der Waals surface area (Å²) in [5.41, 5.74) is 2.04. The summed E-state index contributed by atoms with van der Waals surface area (Å²) in [4.78, 5) is 10.9. The van der Waals surface area contributed by atoms with E-state index in [-0.39, 0.29) is 5.57 Å². The van der Waals surface area contributed by atoms with E-state index < -0.39 is 5.97 Å². The van der Waals surface area contributed by atoms with Gasteiger partial charge in [0, 0.05) is 0 Å². The van der Waals surface area contributed by atoms with Gasteiger partial charge in [0.2, 0.25) is 0 Å². The third-order valence-electron chi connectivity index (χ3n) is 2.65. The highest BCUT2D eigenvalue weighted by Gasteiger charge is 2.10. The van der Waals surface area contributed by atoms with Crippen LogP contribution in [-0.4, -0.2) is 11.1 Å². The second-order valence-corrected chi connectivity index (χ2v) is 3.90. The number of unbranched alkanes of at least 4 members (excludes halogenated alkanes) is 2. The minimum Gasteiger partial charge on any atom is -0.478 e. The zero-order valence-electron chi connectivity index (χ0n) is 9.70. The van der Waals surface area contributed by atoms with Crippen molar-refractivity contribution in [2.75, 3.05) is 0 Å². The van der Waals surface area contributed by atoms with Gasteiger partial charge in [-0.15, -0.1) is 0 Å². The number of aryl methyl sites for hydroxylation is 1. The fraction of sp³-hybridized carbons (Fsp3) is 0.357. The van der Waals surface area contributed by atoms with Crippen molar-refractivity contribution >= 4 is 11.5 Å². The van der Waals surface area contributed by atoms with E-state index in [1.165, 1.54) is 12.8 Å². The standard InChI is InChI=1S/C14H18O2/c1-3-4-5-8-12-9-6-7-10-13(12)11(2)14(15)16/h6-7,9-10H,2-5,8H2,1H3,(H,15,16). The summed E-state index contributed by atoms with van der Waals surface area (Å²) in [6.45, 7) is 5.77. The maximum absolute atomic E-state index is 10.9. The van der Waals surface area contributed by atoms with Crippen LogP contribution < -0.4 is 0 Å². The summed E-state index contributed by atoms with van der Waals surface area (Å²) in [7, 11) is 0. The molecule has 2 nitrogen and oxygen atoms in total. The Morgan fingerprint density at radius 3 is 2.62 bits per heavy atom. The van der Waals surface area contributed by atoms with Gasteiger partial charge in [0.15, 0.2) is 0 Å². The highest BCUT2D eigenvalue weighted by Crippen LogP contribution is 2.20. The highest BCUT2D eigenvalue weighted by molar-refractivity contribution is 6.14. The largest absolute Gasteiger partial charge is 0.478 e. The van der Waals surface area contributed by atoms with Crippen molar-refractivity contribution < 1.29 is 9.90 Å². The van der Waals surface area contributed by atoms with Gasteiger partial charge in [0.1, 0.15) is 0 Å². The average Bonchev–Trinajstić information content (AvgIpc) is 2.29. The summed E-state index contributed by atoms with van der Waals surface area (Å²) >= 11 is 0. The lowest BCUT2D eigenvalue weighted by Gasteiger charge is -2.08. The summed E-state index contributed by atoms with van der Waals surface area (Å²) < 4.78 is 0. The number of rotatable bonds is 6. The molecule has 0 atom stereocenters. The van der Waals surface area contributed by atoms with Crippen LogP contribution in [0.25, 0.3) is 5.57 Å². The molecule has 16 heavy (non-hydrogen) atoms. The van der Waals surface area contributed by atoms with Crippen molar-refractivity contribution in [2.24, 2.45) is 0 Å². The second kappa shape index (κ2) is 6.11. The lowest BCUT2D eigenvalue weighted by atomic mass is 9.97. The molecule has 1 N–H and O–H groups in total. The first kappa shape index (κ1) is 12.5. The van der Waals surface area contributed by atoms with Gasteiger partial charge < -0.3 is 5.11 Å². The third kappa shape index (κ3) is 3.23. The van der Waals surface area contributed by atoms with Gasteiger partial charge in [-0.25, -0.2) is 4.79 Å². The Morgan fingerprint density at radius 1 is 1.31 bits per heavy atom. The molecule has 0 aliphatic heterocycles. The summed E-state index contributed by atoms with van der Waals surface area (Å²) in [5.74, 6) is -0.942. The van der Waals surface area contributed by atoms with Crippen LogP contribution >= 0.6 is 0 Å². The smallest absolute Gasteiger partial charge is 0.335 e. The predicted octanol–water partition coefficient (Wildman–Crippen LogP) is 3.52. The molecule has 0 radical (unpaired) electrons. The van der Waals surface area contributed by atoms with Crippen molar-refractivity contribution in [3.63, 3.8) is 0 Å². The minimum absolute atomic E-state index is 0.187. The lowest BCUT2D eigenvalue weighted by molar-refractivity contribution is -0.130. The lowest BCUT2D eigenvalue weighted by Crippen LogP contribution is -2.01. The molecule has 0 bridgehead atoms. The molecular weight excluding hydrogens is 200 g/mol. The zero-order valence-corrected chi connectivity index (χ0v) is 9.70. The highest BCUT2D eigenvalue weighted by atomic mass is 16.4. The second-order valence-electron chi connectivity index (χ2n) is 3.90. The number of carboxylic acids is 1. The van der Waals surface area contributed by atoms with Gasteiger partial charge in [0.05, 0.1) is 5.57 Å². The van der Waals surface area contributed by atoms with Crippen LogP contribution in [0.15, 0.2) is 30.8 Å². The molecule has 0 aromatic heterocycles. The van der Waals surface area contributed by atoms with Crippen LogP contribution in [0.4, 0.5) is 0 Å². The van der Waals surface area contributed by atoms with Gasteiger partial charge in [-0.2, -0.15) is 0 Å². The van der Waals surface area contributed by atoms with E-state index in [0.717, 1.165) is 24.0 Å². The molecule has 0 fully saturated rings. The maximum Gasteiger partial charge on any atom is 0.335 e. The molecule has 2 heteroatoms. The van der Waals surface area contributed by atoms with E-state index >= 15 is 0 Å². The average molecular weight is 218 g/mol. The predicted molar refractivity (Wildman–Crippen MR) is 66.3 cm³/mol. The zero-order chi connectivity index (χ0) is 12.0. The summed E-state index contributed by atoms with van der Waals surface area (Å²) in [6, 6.07) is 7.61. The van der Waals surface area contributed by atoms with E-state index in [1.54, 1.807) is 0 Å². The van der Waals surface area contributed by atoms with Crippen molar-refractivity contribution in [3.8, 4) is 0 Å².